The van der Waals surface area contributed by atoms with Crippen LogP contribution in [0.15, 0.2) is 29.4 Å². The maximum Gasteiger partial charge on any atom is 0.277 e. The third kappa shape index (κ3) is 4.08. The van der Waals surface area contributed by atoms with Crippen LogP contribution in [0.2, 0.25) is 0 Å². The zero-order chi connectivity index (χ0) is 14.4. The summed E-state index contributed by atoms with van der Waals surface area (Å²) in [6.45, 7) is 4.17. The van der Waals surface area contributed by atoms with Gasteiger partial charge in [-0.15, -0.1) is 0 Å². The summed E-state index contributed by atoms with van der Waals surface area (Å²) in [5.41, 5.74) is 4.88. The van der Waals surface area contributed by atoms with Crippen LogP contribution in [0.25, 0.3) is 0 Å². The molecule has 0 aliphatic heterocycles. The van der Waals surface area contributed by atoms with E-state index in [4.69, 9.17) is 4.74 Å². The summed E-state index contributed by atoms with van der Waals surface area (Å²) in [6.07, 6.45) is 4.45. The predicted octanol–water partition coefficient (Wildman–Crippen LogP) is 3.06. The predicted molar refractivity (Wildman–Crippen MR) is 79.9 cm³/mol. The van der Waals surface area contributed by atoms with Crippen molar-refractivity contribution in [1.29, 1.82) is 0 Å². The Hall–Kier alpha value is -1.84. The molecule has 0 saturated heterocycles. The number of benzene rings is 1. The van der Waals surface area contributed by atoms with Crippen LogP contribution < -0.4 is 10.2 Å². The SMILES string of the molecule is CCC1CCCC1=NNC(=O)COc1ccc(C)cc1. The number of rotatable bonds is 5. The summed E-state index contributed by atoms with van der Waals surface area (Å²) in [7, 11) is 0. The van der Waals surface area contributed by atoms with Crippen molar-refractivity contribution in [2.45, 2.75) is 39.5 Å². The van der Waals surface area contributed by atoms with Gasteiger partial charge in [0.25, 0.3) is 5.91 Å². The van der Waals surface area contributed by atoms with Gasteiger partial charge in [0.15, 0.2) is 6.61 Å². The second-order valence-corrected chi connectivity index (χ2v) is 5.24. The van der Waals surface area contributed by atoms with Crippen molar-refractivity contribution in [2.75, 3.05) is 6.61 Å². The molecule has 0 bridgehead atoms. The lowest BCUT2D eigenvalue weighted by molar-refractivity contribution is -0.123. The van der Waals surface area contributed by atoms with Crippen LogP contribution in [0.5, 0.6) is 5.75 Å². The molecule has 20 heavy (non-hydrogen) atoms. The van der Waals surface area contributed by atoms with Gasteiger partial charge in [0.1, 0.15) is 5.75 Å². The number of hydrogen-bond acceptors (Lipinski definition) is 3. The van der Waals surface area contributed by atoms with E-state index in [1.54, 1.807) is 0 Å². The van der Waals surface area contributed by atoms with E-state index in [1.165, 1.54) is 18.4 Å². The molecule has 4 heteroatoms. The molecule has 0 heterocycles. The fourth-order valence-electron chi connectivity index (χ4n) is 2.44. The van der Waals surface area contributed by atoms with Crippen LogP contribution in [0.4, 0.5) is 0 Å². The Kier molecular flexibility index (Phi) is 5.16. The minimum atomic E-state index is -0.208. The van der Waals surface area contributed by atoms with Crippen LogP contribution in [0.3, 0.4) is 0 Å². The second-order valence-electron chi connectivity index (χ2n) is 5.24. The highest BCUT2D eigenvalue weighted by Gasteiger charge is 2.20. The van der Waals surface area contributed by atoms with Gasteiger partial charge in [0.05, 0.1) is 0 Å². The standard InChI is InChI=1S/C16H22N2O2/c1-3-13-5-4-6-15(13)17-18-16(19)11-20-14-9-7-12(2)8-10-14/h7-10,13H,3-6,11H2,1-2H3,(H,18,19). The van der Waals surface area contributed by atoms with E-state index in [-0.39, 0.29) is 12.5 Å². The number of amides is 1. The number of ether oxygens (including phenoxy) is 1. The number of carbonyl (C=O) groups excluding carboxylic acids is 1. The highest BCUT2D eigenvalue weighted by molar-refractivity contribution is 5.89. The third-order valence-electron chi connectivity index (χ3n) is 3.66. The van der Waals surface area contributed by atoms with Gasteiger partial charge >= 0.3 is 0 Å². The smallest absolute Gasteiger partial charge is 0.277 e. The molecule has 1 aromatic carbocycles. The monoisotopic (exact) mass is 274 g/mol. The Labute approximate surface area is 120 Å². The molecule has 1 N–H and O–H groups in total. The van der Waals surface area contributed by atoms with Crippen LogP contribution >= 0.6 is 0 Å². The molecule has 1 atom stereocenters. The summed E-state index contributed by atoms with van der Waals surface area (Å²) in [4.78, 5) is 11.7. The molecule has 1 fully saturated rings. The van der Waals surface area contributed by atoms with Gasteiger partial charge in [0, 0.05) is 5.71 Å². The topological polar surface area (TPSA) is 50.7 Å². The molecule has 1 unspecified atom stereocenters. The molecular formula is C16H22N2O2. The van der Waals surface area contributed by atoms with Gasteiger partial charge < -0.3 is 4.74 Å². The van der Waals surface area contributed by atoms with E-state index in [1.807, 2.05) is 31.2 Å². The van der Waals surface area contributed by atoms with Crippen molar-refractivity contribution in [3.05, 3.63) is 29.8 Å². The number of hydrogen-bond donors (Lipinski definition) is 1. The van der Waals surface area contributed by atoms with E-state index < -0.39 is 0 Å². The third-order valence-corrected chi connectivity index (χ3v) is 3.66. The van der Waals surface area contributed by atoms with Crippen LogP contribution in [0, 0.1) is 12.8 Å². The Morgan fingerprint density at radius 2 is 2.15 bits per heavy atom. The Balaban J connectivity index is 1.78. The van der Waals surface area contributed by atoms with Crippen molar-refractivity contribution in [2.24, 2.45) is 11.0 Å². The van der Waals surface area contributed by atoms with Crippen LogP contribution in [-0.2, 0) is 4.79 Å². The number of hydrazone groups is 1. The van der Waals surface area contributed by atoms with Gasteiger partial charge in [0.2, 0.25) is 0 Å². The maximum atomic E-state index is 11.7. The molecule has 1 aliphatic carbocycles. The molecule has 0 radical (unpaired) electrons. The largest absolute Gasteiger partial charge is 0.484 e. The zero-order valence-corrected chi connectivity index (χ0v) is 12.2. The number of carbonyl (C=O) groups is 1. The van der Waals surface area contributed by atoms with E-state index in [0.717, 1.165) is 18.6 Å². The van der Waals surface area contributed by atoms with E-state index in [0.29, 0.717) is 11.7 Å². The van der Waals surface area contributed by atoms with E-state index in [9.17, 15) is 4.79 Å². The summed E-state index contributed by atoms with van der Waals surface area (Å²) >= 11 is 0. The van der Waals surface area contributed by atoms with Gasteiger partial charge in [-0.05, 0) is 50.7 Å². The molecule has 1 saturated carbocycles. The van der Waals surface area contributed by atoms with Crippen LogP contribution in [-0.4, -0.2) is 18.2 Å². The normalized spacial score (nSPS) is 20.1. The molecule has 1 aliphatic rings. The van der Waals surface area contributed by atoms with Crippen molar-refractivity contribution >= 4 is 11.6 Å². The molecule has 1 amide bonds. The van der Waals surface area contributed by atoms with Crippen molar-refractivity contribution in [1.82, 2.24) is 5.43 Å². The zero-order valence-electron chi connectivity index (χ0n) is 12.2. The lowest BCUT2D eigenvalue weighted by Crippen LogP contribution is -2.26. The Morgan fingerprint density at radius 3 is 2.85 bits per heavy atom. The minimum Gasteiger partial charge on any atom is -0.484 e. The number of aryl methyl sites for hydroxylation is 1. The average molecular weight is 274 g/mol. The second kappa shape index (κ2) is 7.08. The first kappa shape index (κ1) is 14.6. The summed E-state index contributed by atoms with van der Waals surface area (Å²) in [5.74, 6) is 1.03. The fraction of sp³-hybridized carbons (Fsp3) is 0.500. The van der Waals surface area contributed by atoms with Crippen molar-refractivity contribution in [3.63, 3.8) is 0 Å². The molecule has 0 aromatic heterocycles. The quantitative estimate of drug-likeness (QED) is 0.839. The maximum absolute atomic E-state index is 11.7. The first-order chi connectivity index (χ1) is 9.69. The van der Waals surface area contributed by atoms with Crippen molar-refractivity contribution in [3.8, 4) is 5.75 Å². The van der Waals surface area contributed by atoms with Gasteiger partial charge in [-0.3, -0.25) is 4.79 Å². The lowest BCUT2D eigenvalue weighted by Gasteiger charge is -2.08. The Bertz CT molecular complexity index is 480. The highest BCUT2D eigenvalue weighted by atomic mass is 16.5. The summed E-state index contributed by atoms with van der Waals surface area (Å²) in [5, 5.41) is 4.24. The van der Waals surface area contributed by atoms with E-state index >= 15 is 0 Å². The lowest BCUT2D eigenvalue weighted by atomic mass is 10.0. The Morgan fingerprint density at radius 1 is 1.40 bits per heavy atom. The first-order valence-electron chi connectivity index (χ1n) is 7.23. The fourth-order valence-corrected chi connectivity index (χ4v) is 2.44. The van der Waals surface area contributed by atoms with Gasteiger partial charge in [-0.25, -0.2) is 5.43 Å². The molecule has 0 spiro atoms. The average Bonchev–Trinajstić information content (AvgIpc) is 2.92. The highest BCUT2D eigenvalue weighted by Crippen LogP contribution is 2.24. The first-order valence-corrected chi connectivity index (χ1v) is 7.23. The van der Waals surface area contributed by atoms with E-state index in [2.05, 4.69) is 17.5 Å². The number of nitrogens with one attached hydrogen (secondary N) is 1. The molecule has 2 rings (SSSR count). The van der Waals surface area contributed by atoms with Crippen LogP contribution in [0.1, 0.15) is 38.2 Å². The van der Waals surface area contributed by atoms with Gasteiger partial charge in [-0.1, -0.05) is 24.6 Å². The van der Waals surface area contributed by atoms with Gasteiger partial charge in [-0.2, -0.15) is 5.10 Å². The summed E-state index contributed by atoms with van der Waals surface area (Å²) in [6, 6.07) is 7.63. The number of nitrogens with zero attached hydrogens (tertiary/aromatic N) is 1. The molecule has 108 valence electrons. The molecular weight excluding hydrogens is 252 g/mol. The minimum absolute atomic E-state index is 0.00334. The summed E-state index contributed by atoms with van der Waals surface area (Å²) < 4.78 is 5.41. The molecule has 4 nitrogen and oxygen atoms in total. The van der Waals surface area contributed by atoms with Crippen molar-refractivity contribution < 1.29 is 9.53 Å². The molecule has 1 aromatic rings.